The van der Waals surface area contributed by atoms with Gasteiger partial charge in [0.05, 0.1) is 20.3 Å². The predicted molar refractivity (Wildman–Crippen MR) is 97.1 cm³/mol. The molecule has 0 saturated carbocycles. The molecule has 27 heavy (non-hydrogen) atoms. The lowest BCUT2D eigenvalue weighted by molar-refractivity contribution is -0.121. The van der Waals surface area contributed by atoms with E-state index < -0.39 is 0 Å². The lowest BCUT2D eigenvalue weighted by Crippen LogP contribution is -2.23. The molecule has 0 fully saturated rings. The van der Waals surface area contributed by atoms with Gasteiger partial charge in [-0.15, -0.1) is 0 Å². The number of aromatic nitrogens is 3. The highest BCUT2D eigenvalue weighted by Gasteiger charge is 2.09. The van der Waals surface area contributed by atoms with Crippen molar-refractivity contribution in [2.75, 3.05) is 13.7 Å². The maximum absolute atomic E-state index is 11.9. The second-order valence-corrected chi connectivity index (χ2v) is 5.65. The van der Waals surface area contributed by atoms with Crippen molar-refractivity contribution >= 4 is 5.91 Å². The summed E-state index contributed by atoms with van der Waals surface area (Å²) >= 11 is 0. The molecule has 3 rings (SSSR count). The Morgan fingerprint density at radius 1 is 1.11 bits per heavy atom. The van der Waals surface area contributed by atoms with Crippen molar-refractivity contribution in [1.82, 2.24) is 20.4 Å². The molecule has 140 valence electrons. The molecule has 0 atom stereocenters. The molecule has 0 bridgehead atoms. The van der Waals surface area contributed by atoms with Crippen LogP contribution in [0.25, 0.3) is 11.4 Å². The zero-order valence-electron chi connectivity index (χ0n) is 14.9. The second-order valence-electron chi connectivity index (χ2n) is 5.65. The third kappa shape index (κ3) is 5.53. The van der Waals surface area contributed by atoms with E-state index in [1.54, 1.807) is 31.6 Å². The van der Waals surface area contributed by atoms with Crippen molar-refractivity contribution in [2.45, 2.75) is 19.4 Å². The highest BCUT2D eigenvalue weighted by atomic mass is 16.5. The van der Waals surface area contributed by atoms with E-state index in [1.807, 2.05) is 24.3 Å². The minimum absolute atomic E-state index is 0.100. The van der Waals surface area contributed by atoms with Gasteiger partial charge in [-0.3, -0.25) is 9.78 Å². The van der Waals surface area contributed by atoms with E-state index in [0.717, 1.165) is 17.1 Å². The first-order chi connectivity index (χ1) is 13.2. The topological polar surface area (TPSA) is 99.4 Å². The third-order valence-electron chi connectivity index (χ3n) is 3.72. The summed E-state index contributed by atoms with van der Waals surface area (Å²) in [6, 6.07) is 10.9. The number of carbonyl (C=O) groups is 1. The van der Waals surface area contributed by atoms with Crippen LogP contribution in [0.5, 0.6) is 11.5 Å². The largest absolute Gasteiger partial charge is 0.497 e. The molecular formula is C19H20N4O4. The van der Waals surface area contributed by atoms with Crippen LogP contribution >= 0.6 is 0 Å². The molecule has 0 aliphatic carbocycles. The third-order valence-corrected chi connectivity index (χ3v) is 3.72. The summed E-state index contributed by atoms with van der Waals surface area (Å²) in [5, 5.41) is 6.65. The first-order valence-corrected chi connectivity index (χ1v) is 8.51. The summed E-state index contributed by atoms with van der Waals surface area (Å²) in [7, 11) is 1.61. The van der Waals surface area contributed by atoms with Crippen LogP contribution in [0.1, 0.15) is 18.7 Å². The average Bonchev–Trinajstić information content (AvgIpc) is 3.20. The van der Waals surface area contributed by atoms with Crippen molar-refractivity contribution < 1.29 is 18.8 Å². The van der Waals surface area contributed by atoms with Gasteiger partial charge in [-0.1, -0.05) is 5.16 Å². The quantitative estimate of drug-likeness (QED) is 0.580. The molecule has 0 saturated heterocycles. The summed E-state index contributed by atoms with van der Waals surface area (Å²) in [6.07, 6.45) is 4.26. The summed E-state index contributed by atoms with van der Waals surface area (Å²) < 4.78 is 15.8. The van der Waals surface area contributed by atoms with Gasteiger partial charge in [0.15, 0.2) is 0 Å². The molecule has 1 aromatic carbocycles. The van der Waals surface area contributed by atoms with Crippen molar-refractivity contribution in [1.29, 1.82) is 0 Å². The van der Waals surface area contributed by atoms with Gasteiger partial charge in [0.2, 0.25) is 17.6 Å². The Morgan fingerprint density at radius 2 is 1.85 bits per heavy atom. The number of nitrogens with one attached hydrogen (secondary N) is 1. The number of hydrogen-bond donors (Lipinski definition) is 1. The van der Waals surface area contributed by atoms with Crippen LogP contribution in [-0.2, 0) is 11.3 Å². The molecule has 1 amide bonds. The van der Waals surface area contributed by atoms with Gasteiger partial charge in [-0.2, -0.15) is 4.98 Å². The standard InChI is InChI=1S/C19H20N4O4/c1-25-15-4-6-16(7-5-15)26-12-2-3-17(24)21-13-18-22-19(23-27-18)14-8-10-20-11-9-14/h4-11H,2-3,12-13H2,1H3,(H,21,24). The number of pyridine rings is 1. The smallest absolute Gasteiger partial charge is 0.246 e. The fourth-order valence-corrected chi connectivity index (χ4v) is 2.30. The molecule has 0 unspecified atom stereocenters. The van der Waals surface area contributed by atoms with Gasteiger partial charge in [-0.25, -0.2) is 0 Å². The molecular weight excluding hydrogens is 348 g/mol. The Kier molecular flexibility index (Phi) is 6.35. The van der Waals surface area contributed by atoms with E-state index in [2.05, 4.69) is 20.4 Å². The van der Waals surface area contributed by atoms with Crippen molar-refractivity contribution in [3.05, 3.63) is 54.7 Å². The van der Waals surface area contributed by atoms with Crippen molar-refractivity contribution in [3.8, 4) is 22.9 Å². The number of ether oxygens (including phenoxy) is 2. The molecule has 8 heteroatoms. The van der Waals surface area contributed by atoms with Gasteiger partial charge >= 0.3 is 0 Å². The summed E-state index contributed by atoms with van der Waals surface area (Å²) in [6.45, 7) is 0.642. The number of hydrogen-bond acceptors (Lipinski definition) is 7. The lowest BCUT2D eigenvalue weighted by atomic mass is 10.2. The van der Waals surface area contributed by atoms with Crippen LogP contribution < -0.4 is 14.8 Å². The number of amides is 1. The van der Waals surface area contributed by atoms with Crippen LogP contribution in [0.2, 0.25) is 0 Å². The monoisotopic (exact) mass is 368 g/mol. The first-order valence-electron chi connectivity index (χ1n) is 8.51. The van der Waals surface area contributed by atoms with Crippen LogP contribution in [0.4, 0.5) is 0 Å². The Balaban J connectivity index is 1.35. The molecule has 1 N–H and O–H groups in total. The lowest BCUT2D eigenvalue weighted by Gasteiger charge is -2.07. The van der Waals surface area contributed by atoms with E-state index in [-0.39, 0.29) is 12.5 Å². The molecule has 2 heterocycles. The van der Waals surface area contributed by atoms with Crippen molar-refractivity contribution in [3.63, 3.8) is 0 Å². The van der Waals surface area contributed by atoms with Crippen LogP contribution in [0.15, 0.2) is 53.3 Å². The fraction of sp³-hybridized carbons (Fsp3) is 0.263. The summed E-state index contributed by atoms with van der Waals surface area (Å²) in [5.74, 6) is 2.23. The number of rotatable bonds is 9. The number of benzene rings is 1. The first kappa shape index (κ1) is 18.4. The molecule has 0 spiro atoms. The molecule has 0 aliphatic rings. The average molecular weight is 368 g/mol. The summed E-state index contributed by atoms with van der Waals surface area (Å²) in [4.78, 5) is 20.1. The maximum Gasteiger partial charge on any atom is 0.246 e. The normalized spacial score (nSPS) is 10.4. The minimum Gasteiger partial charge on any atom is -0.497 e. The van der Waals surface area contributed by atoms with E-state index in [1.165, 1.54) is 0 Å². The van der Waals surface area contributed by atoms with Crippen LogP contribution in [0.3, 0.4) is 0 Å². The Bertz CT molecular complexity index is 850. The molecule has 3 aromatic rings. The number of carbonyl (C=O) groups excluding carboxylic acids is 1. The zero-order valence-corrected chi connectivity index (χ0v) is 14.9. The van der Waals surface area contributed by atoms with Gasteiger partial charge in [0.25, 0.3) is 0 Å². The predicted octanol–water partition coefficient (Wildman–Crippen LogP) is 2.62. The Hall–Kier alpha value is -3.42. The van der Waals surface area contributed by atoms with Crippen LogP contribution in [-0.4, -0.2) is 34.7 Å². The van der Waals surface area contributed by atoms with Gasteiger partial charge in [-0.05, 0) is 42.8 Å². The van der Waals surface area contributed by atoms with Gasteiger partial charge in [0.1, 0.15) is 11.5 Å². The second kappa shape index (κ2) is 9.33. The van der Waals surface area contributed by atoms with Crippen molar-refractivity contribution in [2.24, 2.45) is 0 Å². The van der Waals surface area contributed by atoms with E-state index in [9.17, 15) is 4.79 Å². The minimum atomic E-state index is -0.100. The van der Waals surface area contributed by atoms with E-state index in [4.69, 9.17) is 14.0 Å². The molecule has 2 aromatic heterocycles. The molecule has 0 radical (unpaired) electrons. The number of methoxy groups -OCH3 is 1. The van der Waals surface area contributed by atoms with Crippen LogP contribution in [0, 0.1) is 0 Å². The zero-order chi connectivity index (χ0) is 18.9. The van der Waals surface area contributed by atoms with Gasteiger partial charge in [0, 0.05) is 24.4 Å². The SMILES string of the molecule is COc1ccc(OCCCC(=O)NCc2nc(-c3ccncc3)no2)cc1. The Morgan fingerprint density at radius 3 is 2.59 bits per heavy atom. The molecule has 8 nitrogen and oxygen atoms in total. The summed E-state index contributed by atoms with van der Waals surface area (Å²) in [5.41, 5.74) is 0.807. The highest BCUT2D eigenvalue weighted by molar-refractivity contribution is 5.75. The maximum atomic E-state index is 11.9. The molecule has 0 aliphatic heterocycles. The number of nitrogens with zero attached hydrogens (tertiary/aromatic N) is 3. The highest BCUT2D eigenvalue weighted by Crippen LogP contribution is 2.17. The Labute approximate surface area is 156 Å². The van der Waals surface area contributed by atoms with E-state index in [0.29, 0.717) is 31.2 Å². The van der Waals surface area contributed by atoms with E-state index >= 15 is 0 Å². The fourth-order valence-electron chi connectivity index (χ4n) is 2.30. The van der Waals surface area contributed by atoms with Gasteiger partial charge < -0.3 is 19.3 Å².